The first-order valence-corrected chi connectivity index (χ1v) is 4.73. The Morgan fingerprint density at radius 1 is 1.27 bits per heavy atom. The molecule has 0 aliphatic carbocycles. The number of nitrogens with zero attached hydrogens (tertiary/aromatic N) is 2. The SMILES string of the molecule is Nc1noc2nc3ccc(Cl)cc3cc12. The van der Waals surface area contributed by atoms with Crippen LogP contribution in [-0.4, -0.2) is 10.1 Å². The Labute approximate surface area is 89.6 Å². The summed E-state index contributed by atoms with van der Waals surface area (Å²) >= 11 is 5.89. The van der Waals surface area contributed by atoms with Gasteiger partial charge in [-0.1, -0.05) is 16.8 Å². The van der Waals surface area contributed by atoms with E-state index >= 15 is 0 Å². The topological polar surface area (TPSA) is 64.9 Å². The van der Waals surface area contributed by atoms with E-state index in [1.807, 2.05) is 18.2 Å². The number of anilines is 1. The number of halogens is 1. The minimum absolute atomic E-state index is 0.347. The maximum atomic E-state index is 5.89. The maximum absolute atomic E-state index is 5.89. The van der Waals surface area contributed by atoms with Crippen LogP contribution in [0.4, 0.5) is 5.82 Å². The molecule has 4 nitrogen and oxygen atoms in total. The molecule has 3 aromatic rings. The number of rotatable bonds is 0. The molecule has 0 bridgehead atoms. The molecule has 0 unspecified atom stereocenters. The second kappa shape index (κ2) is 2.84. The van der Waals surface area contributed by atoms with Gasteiger partial charge in [0.1, 0.15) is 0 Å². The van der Waals surface area contributed by atoms with Crippen molar-refractivity contribution in [1.82, 2.24) is 10.1 Å². The van der Waals surface area contributed by atoms with Gasteiger partial charge in [-0.25, -0.2) is 4.98 Å². The molecule has 0 amide bonds. The van der Waals surface area contributed by atoms with E-state index in [0.29, 0.717) is 21.9 Å². The Bertz CT molecular complexity index is 662. The third kappa shape index (κ3) is 1.22. The van der Waals surface area contributed by atoms with Gasteiger partial charge >= 0.3 is 0 Å². The molecule has 2 aromatic heterocycles. The van der Waals surface area contributed by atoms with Crippen molar-refractivity contribution in [3.8, 4) is 0 Å². The largest absolute Gasteiger partial charge is 0.380 e. The van der Waals surface area contributed by atoms with Gasteiger partial charge in [0.2, 0.25) is 0 Å². The van der Waals surface area contributed by atoms with E-state index in [1.54, 1.807) is 6.07 Å². The van der Waals surface area contributed by atoms with Crippen LogP contribution in [0, 0.1) is 0 Å². The molecule has 74 valence electrons. The second-order valence-electron chi connectivity index (χ2n) is 3.25. The molecule has 2 N–H and O–H groups in total. The molecule has 0 atom stereocenters. The molecule has 0 saturated heterocycles. The molecule has 0 spiro atoms. The Morgan fingerprint density at radius 3 is 3.00 bits per heavy atom. The fourth-order valence-electron chi connectivity index (χ4n) is 1.52. The first kappa shape index (κ1) is 8.49. The fourth-order valence-corrected chi connectivity index (χ4v) is 1.70. The first-order valence-electron chi connectivity index (χ1n) is 4.35. The van der Waals surface area contributed by atoms with Crippen molar-refractivity contribution in [1.29, 1.82) is 0 Å². The predicted octanol–water partition coefficient (Wildman–Crippen LogP) is 2.61. The number of benzene rings is 1. The van der Waals surface area contributed by atoms with E-state index < -0.39 is 0 Å². The lowest BCUT2D eigenvalue weighted by molar-refractivity contribution is 0.453. The fraction of sp³-hybridized carbons (Fsp3) is 0. The summed E-state index contributed by atoms with van der Waals surface area (Å²) in [6, 6.07) is 7.31. The van der Waals surface area contributed by atoms with Crippen LogP contribution in [0.2, 0.25) is 5.02 Å². The standard InChI is InChI=1S/C10H6ClN3O/c11-6-1-2-8-5(3-6)4-7-9(12)14-15-10(7)13-8/h1-4H,(H2,12,14). The summed E-state index contributed by atoms with van der Waals surface area (Å²) in [5.41, 5.74) is 6.88. The van der Waals surface area contributed by atoms with Crippen molar-refractivity contribution in [2.75, 3.05) is 5.73 Å². The van der Waals surface area contributed by atoms with Gasteiger partial charge < -0.3 is 10.3 Å². The normalized spacial score (nSPS) is 11.3. The van der Waals surface area contributed by atoms with Crippen LogP contribution < -0.4 is 5.73 Å². The Hall–Kier alpha value is -1.81. The lowest BCUT2D eigenvalue weighted by Crippen LogP contribution is -1.84. The Balaban J connectivity index is 2.50. The van der Waals surface area contributed by atoms with Crippen molar-refractivity contribution in [2.24, 2.45) is 0 Å². The third-order valence-electron chi connectivity index (χ3n) is 2.25. The molecule has 0 radical (unpaired) electrons. The van der Waals surface area contributed by atoms with Gasteiger partial charge in [-0.3, -0.25) is 0 Å². The molecule has 0 aliphatic rings. The minimum Gasteiger partial charge on any atom is -0.380 e. The minimum atomic E-state index is 0.347. The highest BCUT2D eigenvalue weighted by atomic mass is 35.5. The van der Waals surface area contributed by atoms with E-state index in [9.17, 15) is 0 Å². The molecule has 0 aliphatic heterocycles. The average molecular weight is 220 g/mol. The summed E-state index contributed by atoms with van der Waals surface area (Å²) < 4.78 is 4.97. The number of pyridine rings is 1. The zero-order valence-electron chi connectivity index (χ0n) is 7.57. The number of nitrogens with two attached hydrogens (primary N) is 1. The van der Waals surface area contributed by atoms with Gasteiger partial charge in [-0.05, 0) is 24.3 Å². The van der Waals surface area contributed by atoms with Gasteiger partial charge in [0.05, 0.1) is 10.9 Å². The lowest BCUT2D eigenvalue weighted by atomic mass is 10.2. The van der Waals surface area contributed by atoms with Crippen molar-refractivity contribution >= 4 is 39.4 Å². The number of hydrogen-bond acceptors (Lipinski definition) is 4. The van der Waals surface area contributed by atoms with Gasteiger partial charge in [0.15, 0.2) is 5.82 Å². The van der Waals surface area contributed by atoms with Crippen LogP contribution in [-0.2, 0) is 0 Å². The van der Waals surface area contributed by atoms with Crippen LogP contribution in [0.25, 0.3) is 22.0 Å². The molecule has 0 saturated carbocycles. The quantitative estimate of drug-likeness (QED) is 0.631. The van der Waals surface area contributed by atoms with E-state index in [0.717, 1.165) is 10.9 Å². The smallest absolute Gasteiger partial charge is 0.260 e. The third-order valence-corrected chi connectivity index (χ3v) is 2.48. The summed E-state index contributed by atoms with van der Waals surface area (Å²) in [6.45, 7) is 0. The Morgan fingerprint density at radius 2 is 2.13 bits per heavy atom. The monoisotopic (exact) mass is 219 g/mol. The van der Waals surface area contributed by atoms with Crippen LogP contribution >= 0.6 is 11.6 Å². The van der Waals surface area contributed by atoms with Crippen LogP contribution in [0.5, 0.6) is 0 Å². The average Bonchev–Trinajstić information content (AvgIpc) is 2.57. The zero-order chi connectivity index (χ0) is 10.4. The van der Waals surface area contributed by atoms with E-state index in [4.69, 9.17) is 21.9 Å². The van der Waals surface area contributed by atoms with Gasteiger partial charge in [-0.15, -0.1) is 0 Å². The molecule has 1 aromatic carbocycles. The summed E-state index contributed by atoms with van der Waals surface area (Å²) in [5, 5.41) is 5.95. The maximum Gasteiger partial charge on any atom is 0.260 e. The van der Waals surface area contributed by atoms with Gasteiger partial charge in [0, 0.05) is 10.4 Å². The van der Waals surface area contributed by atoms with Crippen LogP contribution in [0.15, 0.2) is 28.8 Å². The van der Waals surface area contributed by atoms with Crippen molar-refractivity contribution < 1.29 is 4.52 Å². The van der Waals surface area contributed by atoms with E-state index in [-0.39, 0.29) is 0 Å². The Kier molecular flexibility index (Phi) is 1.61. The number of hydrogen-bond donors (Lipinski definition) is 1. The molecular weight excluding hydrogens is 214 g/mol. The highest BCUT2D eigenvalue weighted by Gasteiger charge is 2.07. The van der Waals surface area contributed by atoms with E-state index in [2.05, 4.69) is 10.1 Å². The molecule has 2 heterocycles. The van der Waals surface area contributed by atoms with Crippen molar-refractivity contribution in [3.05, 3.63) is 29.3 Å². The molecule has 0 fully saturated rings. The van der Waals surface area contributed by atoms with Crippen molar-refractivity contribution in [2.45, 2.75) is 0 Å². The molecule has 5 heteroatoms. The summed E-state index contributed by atoms with van der Waals surface area (Å²) in [5.74, 6) is 0.347. The van der Waals surface area contributed by atoms with Crippen LogP contribution in [0.1, 0.15) is 0 Å². The molecule has 15 heavy (non-hydrogen) atoms. The number of aromatic nitrogens is 2. The number of fused-ring (bicyclic) bond motifs is 2. The predicted molar refractivity (Wildman–Crippen MR) is 58.7 cm³/mol. The first-order chi connectivity index (χ1) is 7.24. The lowest BCUT2D eigenvalue weighted by Gasteiger charge is -1.96. The van der Waals surface area contributed by atoms with Gasteiger partial charge in [0.25, 0.3) is 5.71 Å². The molecular formula is C10H6ClN3O. The summed E-state index contributed by atoms with van der Waals surface area (Å²) in [4.78, 5) is 4.27. The molecule has 3 rings (SSSR count). The van der Waals surface area contributed by atoms with Crippen molar-refractivity contribution in [3.63, 3.8) is 0 Å². The zero-order valence-corrected chi connectivity index (χ0v) is 8.32. The summed E-state index contributed by atoms with van der Waals surface area (Å²) in [7, 11) is 0. The highest BCUT2D eigenvalue weighted by molar-refractivity contribution is 6.31. The summed E-state index contributed by atoms with van der Waals surface area (Å²) in [6.07, 6.45) is 0. The highest BCUT2D eigenvalue weighted by Crippen LogP contribution is 2.25. The van der Waals surface area contributed by atoms with Crippen LogP contribution in [0.3, 0.4) is 0 Å². The second-order valence-corrected chi connectivity index (χ2v) is 3.68. The number of nitrogen functional groups attached to an aromatic ring is 1. The van der Waals surface area contributed by atoms with E-state index in [1.165, 1.54) is 0 Å². The van der Waals surface area contributed by atoms with Gasteiger partial charge in [-0.2, -0.15) is 0 Å².